The van der Waals surface area contributed by atoms with E-state index in [2.05, 4.69) is 0 Å². The van der Waals surface area contributed by atoms with E-state index in [-0.39, 0.29) is 4.68 Å². The Labute approximate surface area is 176 Å². The van der Waals surface area contributed by atoms with E-state index in [1.165, 1.54) is 6.07 Å². The number of rotatable bonds is 3. The van der Waals surface area contributed by atoms with Crippen molar-refractivity contribution >= 4 is 5.78 Å². The average Bonchev–Trinajstić information content (AvgIpc) is 2.99. The van der Waals surface area contributed by atoms with E-state index in [0.717, 1.165) is 6.92 Å². The molecule has 0 fully saturated rings. The summed E-state index contributed by atoms with van der Waals surface area (Å²) in [5.41, 5.74) is -9.89. The van der Waals surface area contributed by atoms with Crippen molar-refractivity contribution in [1.29, 1.82) is 5.26 Å². The predicted molar refractivity (Wildman–Crippen MR) is 90.5 cm³/mol. The molecule has 0 aliphatic heterocycles. The molecule has 1 heterocycles. The molecule has 14 heteroatoms. The first kappa shape index (κ1) is 23.6. The monoisotopic (exact) mass is 479 g/mol. The Balaban J connectivity index is 2.25. The van der Waals surface area contributed by atoms with Gasteiger partial charge in [0.2, 0.25) is 5.78 Å². The number of benzene rings is 2. The zero-order valence-electron chi connectivity index (χ0n) is 15.8. The van der Waals surface area contributed by atoms with E-state index in [9.17, 15) is 49.1 Å². The largest absolute Gasteiger partial charge is 0.422 e. The Kier molecular flexibility index (Phi) is 5.61. The molecule has 0 spiro atoms. The molecule has 0 radical (unpaired) electrons. The summed E-state index contributed by atoms with van der Waals surface area (Å²) in [4.78, 5) is 25.2. The number of ketones is 1. The Morgan fingerprint density at radius 1 is 0.970 bits per heavy atom. The van der Waals surface area contributed by atoms with E-state index in [1.807, 2.05) is 5.10 Å². The lowest BCUT2D eigenvalue weighted by Gasteiger charge is -2.14. The second-order valence-electron chi connectivity index (χ2n) is 6.49. The number of carbonyl (C=O) groups is 1. The number of hydrogen-bond acceptors (Lipinski definition) is 3. The quantitative estimate of drug-likeness (QED) is 0.343. The number of carbonyl (C=O) groups excluding carboxylic acids is 1. The first-order valence-corrected chi connectivity index (χ1v) is 8.41. The van der Waals surface area contributed by atoms with E-state index in [4.69, 9.17) is 5.26 Å². The summed E-state index contributed by atoms with van der Waals surface area (Å²) in [6.45, 7) is 0.952. The Hall–Kier alpha value is -4.02. The highest BCUT2D eigenvalue weighted by Crippen LogP contribution is 2.37. The number of nitrogens with zero attached hydrogens (tertiary/aromatic N) is 2. The van der Waals surface area contributed by atoms with Crippen LogP contribution in [0.4, 0.5) is 39.5 Å². The van der Waals surface area contributed by atoms with Gasteiger partial charge in [0.05, 0.1) is 0 Å². The summed E-state index contributed by atoms with van der Waals surface area (Å²) in [7, 11) is 0. The van der Waals surface area contributed by atoms with Crippen molar-refractivity contribution < 1.29 is 44.3 Å². The summed E-state index contributed by atoms with van der Waals surface area (Å²) in [6.07, 6.45) is -5.82. The highest BCUT2D eigenvalue weighted by molar-refractivity contribution is 6.09. The smallest absolute Gasteiger partial charge is 0.294 e. The molecule has 2 aromatic carbocycles. The zero-order chi connectivity index (χ0) is 25.0. The number of alkyl halides is 3. The van der Waals surface area contributed by atoms with Crippen LogP contribution in [-0.2, 0) is 6.18 Å². The van der Waals surface area contributed by atoms with Crippen LogP contribution in [-0.4, -0.2) is 15.6 Å². The predicted octanol–water partition coefficient (Wildman–Crippen LogP) is 4.43. The lowest BCUT2D eigenvalue weighted by Crippen LogP contribution is -2.25. The van der Waals surface area contributed by atoms with E-state index >= 15 is 0 Å². The number of H-pyrrole nitrogens is 1. The van der Waals surface area contributed by atoms with Gasteiger partial charge in [-0.1, -0.05) is 0 Å². The number of aromatic amines is 1. The van der Waals surface area contributed by atoms with Crippen LogP contribution < -0.4 is 5.56 Å². The minimum absolute atomic E-state index is 0.268. The Bertz CT molecular complexity index is 1380. The Morgan fingerprint density at radius 3 is 1.88 bits per heavy atom. The molecule has 0 atom stereocenters. The fourth-order valence-corrected chi connectivity index (χ4v) is 2.99. The first-order valence-electron chi connectivity index (χ1n) is 8.41. The minimum atomic E-state index is -5.82. The minimum Gasteiger partial charge on any atom is -0.294 e. The van der Waals surface area contributed by atoms with Gasteiger partial charge in [0.1, 0.15) is 40.1 Å². The second kappa shape index (κ2) is 7.84. The van der Waals surface area contributed by atoms with Crippen molar-refractivity contribution in [3.8, 4) is 11.8 Å². The summed E-state index contributed by atoms with van der Waals surface area (Å²) in [6, 6.07) is 1.96. The molecule has 33 heavy (non-hydrogen) atoms. The molecule has 0 saturated carbocycles. The maximum Gasteiger partial charge on any atom is 0.422 e. The van der Waals surface area contributed by atoms with Crippen LogP contribution in [0.15, 0.2) is 16.9 Å². The summed E-state index contributed by atoms with van der Waals surface area (Å²) in [5.74, 6) is -15.3. The normalized spacial score (nSPS) is 11.5. The lowest BCUT2D eigenvalue weighted by molar-refractivity contribution is -0.143. The third-order valence-corrected chi connectivity index (χ3v) is 4.46. The van der Waals surface area contributed by atoms with E-state index < -0.39 is 86.1 Å². The summed E-state index contributed by atoms with van der Waals surface area (Å²) < 4.78 is 122. The first-order chi connectivity index (χ1) is 15.2. The maximum absolute atomic E-state index is 14.3. The highest BCUT2D eigenvalue weighted by Gasteiger charge is 2.43. The molecule has 3 aromatic rings. The van der Waals surface area contributed by atoms with E-state index in [1.54, 1.807) is 0 Å². The number of aryl methyl sites for hydroxylation is 1. The van der Waals surface area contributed by atoms with E-state index in [0.29, 0.717) is 12.1 Å². The lowest BCUT2D eigenvalue weighted by atomic mass is 10.0. The molecule has 172 valence electrons. The molecule has 5 nitrogen and oxygen atoms in total. The number of aromatic nitrogens is 2. The molecule has 0 saturated heterocycles. The molecule has 1 N–H and O–H groups in total. The van der Waals surface area contributed by atoms with Crippen molar-refractivity contribution in [2.75, 3.05) is 0 Å². The van der Waals surface area contributed by atoms with Gasteiger partial charge in [-0.25, -0.2) is 31.0 Å². The topological polar surface area (TPSA) is 78.7 Å². The molecule has 0 amide bonds. The fourth-order valence-electron chi connectivity index (χ4n) is 2.99. The number of hydrogen-bond donors (Lipinski definition) is 1. The van der Waals surface area contributed by atoms with Gasteiger partial charge in [-0.05, 0) is 19.1 Å². The van der Waals surface area contributed by atoms with Crippen LogP contribution in [0, 0.1) is 53.2 Å². The van der Waals surface area contributed by atoms with Crippen LogP contribution in [0.3, 0.4) is 0 Å². The molecule has 0 unspecified atom stereocenters. The van der Waals surface area contributed by atoms with Crippen LogP contribution >= 0.6 is 0 Å². The number of nitriles is 1. The molecule has 0 aliphatic rings. The molecular formula is C19H6F9N3O2. The SMILES string of the molecule is Cc1[nH]n(-c2c(F)c(F)c(C(F)(F)F)c(F)c2F)c(=O)c1C(=O)c1cc(F)c(C#N)c(F)c1. The molecular weight excluding hydrogens is 473 g/mol. The van der Waals surface area contributed by atoms with Crippen LogP contribution in [0.2, 0.25) is 0 Å². The van der Waals surface area contributed by atoms with Crippen LogP contribution in [0.25, 0.3) is 5.69 Å². The van der Waals surface area contributed by atoms with Crippen LogP contribution in [0.1, 0.15) is 32.7 Å². The second-order valence-corrected chi connectivity index (χ2v) is 6.49. The molecule has 0 aliphatic carbocycles. The van der Waals surface area contributed by atoms with Gasteiger partial charge in [0.25, 0.3) is 5.56 Å². The van der Waals surface area contributed by atoms with Gasteiger partial charge in [-0.3, -0.25) is 14.7 Å². The summed E-state index contributed by atoms with van der Waals surface area (Å²) >= 11 is 0. The van der Waals surface area contributed by atoms with Gasteiger partial charge in [-0.2, -0.15) is 18.4 Å². The molecule has 0 bridgehead atoms. The van der Waals surface area contributed by atoms with Crippen molar-refractivity contribution in [3.63, 3.8) is 0 Å². The third-order valence-electron chi connectivity index (χ3n) is 4.46. The fraction of sp³-hybridized carbons (Fsp3) is 0.105. The highest BCUT2D eigenvalue weighted by atomic mass is 19.4. The van der Waals surface area contributed by atoms with Crippen molar-refractivity contribution in [2.45, 2.75) is 13.1 Å². The van der Waals surface area contributed by atoms with Gasteiger partial charge in [0, 0.05) is 11.3 Å². The molecule has 1 aromatic heterocycles. The van der Waals surface area contributed by atoms with Crippen molar-refractivity contribution in [1.82, 2.24) is 9.78 Å². The standard InChI is InChI=1S/C19H6F9N3O2/c1-5-10(17(32)6-2-8(20)7(4-29)9(21)3-6)18(33)31(30-5)16-14(24)12(22)11(19(26,27)28)13(23)15(16)25/h2-3,30H,1H3. The zero-order valence-corrected chi connectivity index (χ0v) is 15.8. The van der Waals surface area contributed by atoms with Gasteiger partial charge in [0.15, 0.2) is 23.3 Å². The van der Waals surface area contributed by atoms with Gasteiger partial charge < -0.3 is 0 Å². The van der Waals surface area contributed by atoms with Crippen molar-refractivity contribution in [3.05, 3.63) is 85.3 Å². The maximum atomic E-state index is 14.3. The summed E-state index contributed by atoms with van der Waals surface area (Å²) in [5, 5.41) is 10.5. The van der Waals surface area contributed by atoms with Gasteiger partial charge >= 0.3 is 6.18 Å². The van der Waals surface area contributed by atoms with Gasteiger partial charge in [-0.15, -0.1) is 0 Å². The number of nitrogens with one attached hydrogen (secondary N) is 1. The number of halogens is 9. The van der Waals surface area contributed by atoms with Crippen LogP contribution in [0.5, 0.6) is 0 Å². The third kappa shape index (κ3) is 3.65. The Morgan fingerprint density at radius 2 is 1.45 bits per heavy atom. The van der Waals surface area contributed by atoms with Crippen molar-refractivity contribution in [2.24, 2.45) is 0 Å². The molecule has 3 rings (SSSR count). The average molecular weight is 479 g/mol.